The maximum Gasteiger partial charge on any atom is 0.234 e. The van der Waals surface area contributed by atoms with E-state index in [1.54, 1.807) is 0 Å². The second-order valence-corrected chi connectivity index (χ2v) is 8.39. The van der Waals surface area contributed by atoms with Crippen molar-refractivity contribution in [3.63, 3.8) is 0 Å². The molecule has 0 fully saturated rings. The van der Waals surface area contributed by atoms with E-state index in [4.69, 9.17) is 9.97 Å². The highest BCUT2D eigenvalue weighted by atomic mass is 32.2. The molecule has 0 aliphatic rings. The Kier molecular flexibility index (Phi) is 6.63. The quantitative estimate of drug-likeness (QED) is 0.378. The zero-order chi connectivity index (χ0) is 21.6. The fourth-order valence-electron chi connectivity index (χ4n) is 3.55. The normalized spacial score (nSPS) is 10.9. The van der Waals surface area contributed by atoms with Gasteiger partial charge in [-0.05, 0) is 42.2 Å². The molecular weight excluding hydrogens is 402 g/mol. The summed E-state index contributed by atoms with van der Waals surface area (Å²) in [6.07, 6.45) is 1.56. The number of anilines is 1. The lowest BCUT2D eigenvalue weighted by molar-refractivity contribution is -0.113. The van der Waals surface area contributed by atoms with Crippen molar-refractivity contribution < 1.29 is 4.79 Å². The Bertz CT molecular complexity index is 1210. The molecule has 0 atom stereocenters. The lowest BCUT2D eigenvalue weighted by Gasteiger charge is -2.13. The van der Waals surface area contributed by atoms with Crippen molar-refractivity contribution in [1.82, 2.24) is 9.97 Å². The van der Waals surface area contributed by atoms with Crippen molar-refractivity contribution >= 4 is 34.4 Å². The van der Waals surface area contributed by atoms with Crippen molar-refractivity contribution in [3.8, 4) is 0 Å². The molecule has 0 aliphatic carbocycles. The third-order valence-electron chi connectivity index (χ3n) is 5.16. The molecule has 0 saturated heterocycles. The van der Waals surface area contributed by atoms with Gasteiger partial charge in [-0.2, -0.15) is 0 Å². The number of hydrogen-bond donors (Lipinski definition) is 1. The van der Waals surface area contributed by atoms with Gasteiger partial charge in [-0.15, -0.1) is 0 Å². The molecule has 0 spiro atoms. The summed E-state index contributed by atoms with van der Waals surface area (Å²) in [5.74, 6) is 0.251. The van der Waals surface area contributed by atoms with Crippen molar-refractivity contribution in [1.29, 1.82) is 0 Å². The molecule has 4 nitrogen and oxygen atoms in total. The molecule has 0 unspecified atom stereocenters. The average molecular weight is 428 g/mol. The van der Waals surface area contributed by atoms with E-state index in [1.807, 2.05) is 61.5 Å². The van der Waals surface area contributed by atoms with Crippen LogP contribution in [0.2, 0.25) is 0 Å². The first kappa shape index (κ1) is 21.1. The SMILES string of the molecule is CCc1cccc(C)c1NC(=O)CSc1nc2ccccc2nc1Cc1ccccc1. The second-order valence-electron chi connectivity index (χ2n) is 7.43. The number of nitrogens with one attached hydrogen (secondary N) is 1. The van der Waals surface area contributed by atoms with E-state index in [9.17, 15) is 4.79 Å². The number of para-hydroxylation sites is 3. The zero-order valence-electron chi connectivity index (χ0n) is 17.8. The number of aryl methyl sites for hydroxylation is 2. The average Bonchev–Trinajstić information content (AvgIpc) is 2.79. The molecule has 3 aromatic carbocycles. The minimum Gasteiger partial charge on any atom is -0.325 e. The van der Waals surface area contributed by atoms with E-state index in [0.717, 1.165) is 45.0 Å². The van der Waals surface area contributed by atoms with Crippen LogP contribution in [0, 0.1) is 6.92 Å². The molecule has 31 heavy (non-hydrogen) atoms. The summed E-state index contributed by atoms with van der Waals surface area (Å²) in [5.41, 5.74) is 6.93. The van der Waals surface area contributed by atoms with E-state index in [0.29, 0.717) is 6.42 Å². The van der Waals surface area contributed by atoms with E-state index in [1.165, 1.54) is 17.3 Å². The lowest BCUT2D eigenvalue weighted by atomic mass is 10.1. The lowest BCUT2D eigenvalue weighted by Crippen LogP contribution is -2.16. The molecule has 156 valence electrons. The van der Waals surface area contributed by atoms with Crippen molar-refractivity contribution in [2.45, 2.75) is 31.7 Å². The summed E-state index contributed by atoms with van der Waals surface area (Å²) in [6, 6.07) is 24.2. The number of hydrogen-bond acceptors (Lipinski definition) is 4. The number of nitrogens with zero attached hydrogens (tertiary/aromatic N) is 2. The van der Waals surface area contributed by atoms with Crippen LogP contribution in [-0.4, -0.2) is 21.6 Å². The van der Waals surface area contributed by atoms with Crippen molar-refractivity contribution in [2.24, 2.45) is 0 Å². The van der Waals surface area contributed by atoms with Gasteiger partial charge in [0.25, 0.3) is 0 Å². The fraction of sp³-hybridized carbons (Fsp3) is 0.192. The molecule has 0 radical (unpaired) electrons. The maximum absolute atomic E-state index is 12.8. The van der Waals surface area contributed by atoms with E-state index in [2.05, 4.69) is 30.4 Å². The van der Waals surface area contributed by atoms with Gasteiger partial charge in [-0.3, -0.25) is 4.79 Å². The number of amides is 1. The van der Waals surface area contributed by atoms with E-state index >= 15 is 0 Å². The van der Waals surface area contributed by atoms with Gasteiger partial charge in [0.1, 0.15) is 5.03 Å². The number of benzene rings is 3. The van der Waals surface area contributed by atoms with Crippen LogP contribution in [0.3, 0.4) is 0 Å². The van der Waals surface area contributed by atoms with Gasteiger partial charge in [-0.1, -0.05) is 79.3 Å². The standard InChI is InChI=1S/C26H25N3OS/c1-3-20-13-9-10-18(2)25(20)29-24(30)17-31-26-23(16-19-11-5-4-6-12-19)27-21-14-7-8-15-22(21)28-26/h4-15H,3,16-17H2,1-2H3,(H,29,30). The minimum absolute atomic E-state index is 0.0328. The largest absolute Gasteiger partial charge is 0.325 e. The predicted octanol–water partition coefficient (Wildman–Crippen LogP) is 5.82. The van der Waals surface area contributed by atoms with Crippen LogP contribution >= 0.6 is 11.8 Å². The molecule has 1 N–H and O–H groups in total. The summed E-state index contributed by atoms with van der Waals surface area (Å²) in [6.45, 7) is 4.12. The maximum atomic E-state index is 12.8. The molecule has 5 heteroatoms. The third kappa shape index (κ3) is 5.12. The number of carbonyl (C=O) groups excluding carboxylic acids is 1. The van der Waals surface area contributed by atoms with Gasteiger partial charge >= 0.3 is 0 Å². The summed E-state index contributed by atoms with van der Waals surface area (Å²) >= 11 is 1.44. The molecule has 1 heterocycles. The van der Waals surface area contributed by atoms with Crippen LogP contribution in [0.5, 0.6) is 0 Å². The highest BCUT2D eigenvalue weighted by molar-refractivity contribution is 8.00. The first-order valence-electron chi connectivity index (χ1n) is 10.4. The topological polar surface area (TPSA) is 54.9 Å². The molecule has 0 saturated carbocycles. The van der Waals surface area contributed by atoms with Crippen LogP contribution in [0.4, 0.5) is 5.69 Å². The minimum atomic E-state index is -0.0328. The Morgan fingerprint density at radius 1 is 0.903 bits per heavy atom. The van der Waals surface area contributed by atoms with E-state index in [-0.39, 0.29) is 11.7 Å². The van der Waals surface area contributed by atoms with Crippen LogP contribution in [0.1, 0.15) is 29.3 Å². The van der Waals surface area contributed by atoms with Crippen molar-refractivity contribution in [3.05, 3.63) is 95.2 Å². The molecule has 4 aromatic rings. The molecule has 4 rings (SSSR count). The van der Waals surface area contributed by atoms with E-state index < -0.39 is 0 Å². The highest BCUT2D eigenvalue weighted by Gasteiger charge is 2.14. The second kappa shape index (κ2) is 9.75. The Balaban J connectivity index is 1.56. The van der Waals surface area contributed by atoms with Gasteiger partial charge in [-0.25, -0.2) is 9.97 Å². The van der Waals surface area contributed by atoms with Crippen LogP contribution in [0.25, 0.3) is 11.0 Å². The smallest absolute Gasteiger partial charge is 0.234 e. The predicted molar refractivity (Wildman–Crippen MR) is 129 cm³/mol. The Hall–Kier alpha value is -3.18. The first-order chi connectivity index (χ1) is 15.1. The summed E-state index contributed by atoms with van der Waals surface area (Å²) in [4.78, 5) is 22.4. The van der Waals surface area contributed by atoms with Gasteiger partial charge in [0, 0.05) is 12.1 Å². The van der Waals surface area contributed by atoms with Crippen LogP contribution < -0.4 is 5.32 Å². The van der Waals surface area contributed by atoms with Gasteiger partial charge in [0.15, 0.2) is 0 Å². The van der Waals surface area contributed by atoms with Gasteiger partial charge < -0.3 is 5.32 Å². The molecular formula is C26H25N3OS. The number of carbonyl (C=O) groups is 1. The highest BCUT2D eigenvalue weighted by Crippen LogP contribution is 2.26. The van der Waals surface area contributed by atoms with Crippen molar-refractivity contribution in [2.75, 3.05) is 11.1 Å². The van der Waals surface area contributed by atoms with Crippen LogP contribution in [0.15, 0.2) is 77.8 Å². The van der Waals surface area contributed by atoms with Gasteiger partial charge in [0.05, 0.1) is 22.5 Å². The van der Waals surface area contributed by atoms with Gasteiger partial charge in [0.2, 0.25) is 5.91 Å². The fourth-order valence-corrected chi connectivity index (χ4v) is 4.34. The first-order valence-corrected chi connectivity index (χ1v) is 11.4. The molecule has 1 amide bonds. The number of rotatable bonds is 7. The summed E-state index contributed by atoms with van der Waals surface area (Å²) < 4.78 is 0. The molecule has 0 bridgehead atoms. The number of fused-ring (bicyclic) bond motifs is 1. The Labute approximate surface area is 187 Å². The Morgan fingerprint density at radius 2 is 1.61 bits per heavy atom. The molecule has 1 aromatic heterocycles. The number of aromatic nitrogens is 2. The zero-order valence-corrected chi connectivity index (χ0v) is 18.6. The monoisotopic (exact) mass is 427 g/mol. The summed E-state index contributed by atoms with van der Waals surface area (Å²) in [7, 11) is 0. The number of thioether (sulfide) groups is 1. The Morgan fingerprint density at radius 3 is 2.35 bits per heavy atom. The third-order valence-corrected chi connectivity index (χ3v) is 6.17. The van der Waals surface area contributed by atoms with Crippen LogP contribution in [-0.2, 0) is 17.6 Å². The molecule has 0 aliphatic heterocycles. The summed E-state index contributed by atoms with van der Waals surface area (Å²) in [5, 5.41) is 3.90.